The molecule has 0 aromatic rings. The van der Waals surface area contributed by atoms with Crippen LogP contribution in [0.3, 0.4) is 0 Å². The lowest BCUT2D eigenvalue weighted by Gasteiger charge is -1.99. The summed E-state index contributed by atoms with van der Waals surface area (Å²) in [5, 5.41) is 0. The van der Waals surface area contributed by atoms with Crippen LogP contribution in [0, 0.1) is 0 Å². The van der Waals surface area contributed by atoms with Crippen LogP contribution in [0.25, 0.3) is 0 Å². The first-order valence-electron chi connectivity index (χ1n) is 2.21. The molecule has 0 saturated carbocycles. The van der Waals surface area contributed by atoms with Gasteiger partial charge in [-0.1, -0.05) is 0 Å². The summed E-state index contributed by atoms with van der Waals surface area (Å²) in [5.41, 5.74) is 0. The second kappa shape index (κ2) is 3.18. The highest BCUT2D eigenvalue weighted by atomic mass is 16.5. The topological polar surface area (TPSA) is 43.4 Å². The number of carbonyl (C=O) groups is 1. The largest absolute Gasteiger partial charge is 0.454 e. The number of rotatable bonds is 2. The molecule has 45 valence electrons. The van der Waals surface area contributed by atoms with Crippen molar-refractivity contribution in [2.45, 2.75) is 20.0 Å². The molecule has 0 spiro atoms. The minimum atomic E-state index is -0.729. The van der Waals surface area contributed by atoms with E-state index in [2.05, 4.69) is 4.74 Å². The van der Waals surface area contributed by atoms with E-state index in [0.717, 1.165) is 0 Å². The number of carbonyl (C=O) groups excluding carboxylic acids is 2. The van der Waals surface area contributed by atoms with E-state index in [1.165, 1.54) is 20.1 Å². The monoisotopic (exact) mass is 115 g/mol. The van der Waals surface area contributed by atoms with Gasteiger partial charge in [0.05, 0.1) is 0 Å². The third-order valence-corrected chi connectivity index (χ3v) is 0.509. The standard InChI is InChI=1S/C5H7O3/c1-4(3-6)8-5(2)7/h4H,1-2H3/t4-/m0/s1. The van der Waals surface area contributed by atoms with Gasteiger partial charge in [-0.05, 0) is 6.92 Å². The van der Waals surface area contributed by atoms with Gasteiger partial charge in [-0.3, -0.25) is 9.59 Å². The Kier molecular flexibility index (Phi) is 2.84. The van der Waals surface area contributed by atoms with Gasteiger partial charge in [0.15, 0.2) is 6.10 Å². The quantitative estimate of drug-likeness (QED) is 0.477. The molecule has 0 aliphatic carbocycles. The molecule has 1 radical (unpaired) electrons. The van der Waals surface area contributed by atoms with Crippen molar-refractivity contribution in [3.8, 4) is 0 Å². The Balaban J connectivity index is 3.38. The Labute approximate surface area is 47.6 Å². The van der Waals surface area contributed by atoms with E-state index in [0.29, 0.717) is 0 Å². The average molecular weight is 115 g/mol. The van der Waals surface area contributed by atoms with Crippen LogP contribution in [0.4, 0.5) is 0 Å². The fourth-order valence-electron chi connectivity index (χ4n) is 0.273. The van der Waals surface area contributed by atoms with Crippen molar-refractivity contribution in [1.82, 2.24) is 0 Å². The molecule has 0 heterocycles. The van der Waals surface area contributed by atoms with Gasteiger partial charge < -0.3 is 4.74 Å². The Hall–Kier alpha value is -0.860. The molecule has 0 fully saturated rings. The van der Waals surface area contributed by atoms with Crippen LogP contribution < -0.4 is 0 Å². The zero-order valence-corrected chi connectivity index (χ0v) is 4.80. The molecule has 3 nitrogen and oxygen atoms in total. The number of hydrogen-bond donors (Lipinski definition) is 0. The van der Waals surface area contributed by atoms with Crippen LogP contribution in [-0.4, -0.2) is 18.4 Å². The molecule has 0 amide bonds. The highest BCUT2D eigenvalue weighted by Crippen LogP contribution is 1.83. The number of hydrogen-bond acceptors (Lipinski definition) is 3. The second-order valence-corrected chi connectivity index (χ2v) is 1.37. The van der Waals surface area contributed by atoms with E-state index in [9.17, 15) is 9.59 Å². The first-order chi connectivity index (χ1) is 3.66. The summed E-state index contributed by atoms with van der Waals surface area (Å²) in [4.78, 5) is 19.7. The summed E-state index contributed by atoms with van der Waals surface area (Å²) < 4.78 is 4.34. The third kappa shape index (κ3) is 3.33. The molecular formula is C5H7O3. The zero-order chi connectivity index (χ0) is 6.57. The second-order valence-electron chi connectivity index (χ2n) is 1.37. The van der Waals surface area contributed by atoms with Crippen LogP contribution in [0.15, 0.2) is 0 Å². The SMILES string of the molecule is CC(=O)O[C@@H](C)[C]=O. The van der Waals surface area contributed by atoms with Gasteiger partial charge in [-0.2, -0.15) is 0 Å². The molecule has 0 unspecified atom stereocenters. The van der Waals surface area contributed by atoms with E-state index in [1.807, 2.05) is 0 Å². The fraction of sp³-hybridized carbons (Fsp3) is 0.600. The van der Waals surface area contributed by atoms with Gasteiger partial charge in [-0.25, -0.2) is 0 Å². The fourth-order valence-corrected chi connectivity index (χ4v) is 0.273. The lowest BCUT2D eigenvalue weighted by molar-refractivity contribution is -0.142. The first-order valence-corrected chi connectivity index (χ1v) is 2.21. The van der Waals surface area contributed by atoms with Crippen molar-refractivity contribution < 1.29 is 14.3 Å². The molecule has 3 heteroatoms. The van der Waals surface area contributed by atoms with Gasteiger partial charge in [-0.15, -0.1) is 0 Å². The summed E-state index contributed by atoms with van der Waals surface area (Å²) in [6.45, 7) is 2.70. The van der Waals surface area contributed by atoms with E-state index in [-0.39, 0.29) is 0 Å². The van der Waals surface area contributed by atoms with E-state index in [1.54, 1.807) is 0 Å². The van der Waals surface area contributed by atoms with Crippen molar-refractivity contribution in [1.29, 1.82) is 0 Å². The predicted molar refractivity (Wildman–Crippen MR) is 26.9 cm³/mol. The number of ether oxygens (including phenoxy) is 1. The highest BCUT2D eigenvalue weighted by molar-refractivity contribution is 5.69. The zero-order valence-electron chi connectivity index (χ0n) is 4.80. The van der Waals surface area contributed by atoms with E-state index in [4.69, 9.17) is 0 Å². The smallest absolute Gasteiger partial charge is 0.303 e. The van der Waals surface area contributed by atoms with Gasteiger partial charge in [0.2, 0.25) is 6.29 Å². The summed E-state index contributed by atoms with van der Waals surface area (Å²) in [6, 6.07) is 0. The Morgan fingerprint density at radius 1 is 1.75 bits per heavy atom. The Morgan fingerprint density at radius 2 is 2.25 bits per heavy atom. The Bertz CT molecular complexity index is 97.8. The van der Waals surface area contributed by atoms with E-state index >= 15 is 0 Å². The Morgan fingerprint density at radius 3 is 2.38 bits per heavy atom. The minimum Gasteiger partial charge on any atom is -0.454 e. The van der Waals surface area contributed by atoms with Crippen molar-refractivity contribution in [3.05, 3.63) is 0 Å². The first kappa shape index (κ1) is 7.14. The van der Waals surface area contributed by atoms with Gasteiger partial charge in [0, 0.05) is 6.92 Å². The number of esters is 1. The van der Waals surface area contributed by atoms with Crippen LogP contribution in [0.1, 0.15) is 13.8 Å². The molecule has 0 N–H and O–H groups in total. The van der Waals surface area contributed by atoms with Crippen LogP contribution in [0.2, 0.25) is 0 Å². The molecule has 0 aromatic heterocycles. The van der Waals surface area contributed by atoms with Crippen molar-refractivity contribution >= 4 is 12.3 Å². The van der Waals surface area contributed by atoms with E-state index < -0.39 is 12.1 Å². The maximum atomic E-state index is 10.0. The molecule has 8 heavy (non-hydrogen) atoms. The average Bonchev–Trinajstić information content (AvgIpc) is 1.65. The van der Waals surface area contributed by atoms with Crippen LogP contribution >= 0.6 is 0 Å². The summed E-state index contributed by atoms with van der Waals surface area (Å²) in [5.74, 6) is -0.458. The predicted octanol–water partition coefficient (Wildman–Crippen LogP) is 0.0477. The molecule has 0 aliphatic rings. The molecule has 1 atom stereocenters. The maximum absolute atomic E-state index is 10.0. The molecule has 0 aromatic carbocycles. The van der Waals surface area contributed by atoms with Crippen LogP contribution in [-0.2, 0) is 14.3 Å². The molecular weight excluding hydrogens is 108 g/mol. The van der Waals surface area contributed by atoms with Gasteiger partial charge >= 0.3 is 5.97 Å². The van der Waals surface area contributed by atoms with Crippen LogP contribution in [0.5, 0.6) is 0 Å². The lowest BCUT2D eigenvalue weighted by atomic mass is 10.5. The van der Waals surface area contributed by atoms with Gasteiger partial charge in [0.1, 0.15) is 0 Å². The third-order valence-electron chi connectivity index (χ3n) is 0.509. The molecule has 0 rings (SSSR count). The maximum Gasteiger partial charge on any atom is 0.303 e. The minimum absolute atomic E-state index is 0.458. The molecule has 0 bridgehead atoms. The van der Waals surface area contributed by atoms with Crippen molar-refractivity contribution in [2.75, 3.05) is 0 Å². The van der Waals surface area contributed by atoms with Crippen molar-refractivity contribution in [3.63, 3.8) is 0 Å². The highest BCUT2D eigenvalue weighted by Gasteiger charge is 2.01. The normalized spacial score (nSPS) is 12.2. The van der Waals surface area contributed by atoms with Gasteiger partial charge in [0.25, 0.3) is 0 Å². The molecule has 0 saturated heterocycles. The summed E-state index contributed by atoms with van der Waals surface area (Å²) in [6.07, 6.45) is 0.774. The van der Waals surface area contributed by atoms with Crippen molar-refractivity contribution in [2.24, 2.45) is 0 Å². The molecule has 0 aliphatic heterocycles. The summed E-state index contributed by atoms with van der Waals surface area (Å²) >= 11 is 0. The lowest BCUT2D eigenvalue weighted by Crippen LogP contribution is -2.12. The summed E-state index contributed by atoms with van der Waals surface area (Å²) in [7, 11) is 0.